The van der Waals surface area contributed by atoms with Crippen LogP contribution in [0.5, 0.6) is 0 Å². The van der Waals surface area contributed by atoms with Gasteiger partial charge >= 0.3 is 0 Å². The van der Waals surface area contributed by atoms with Crippen LogP contribution in [0.2, 0.25) is 0 Å². The molecule has 11 aromatic carbocycles. The molecule has 0 atom stereocenters. The fraction of sp³-hybridized carbons (Fsp3) is 0. The third-order valence-electron chi connectivity index (χ3n) is 12.6. The maximum absolute atomic E-state index is 2.46. The molecule has 0 amide bonds. The quantitative estimate of drug-likeness (QED) is 0.156. The summed E-state index contributed by atoms with van der Waals surface area (Å²) in [5, 5.41) is 9.86. The molecule has 0 spiro atoms. The Morgan fingerprint density at radius 3 is 1.42 bits per heavy atom. The van der Waals surface area contributed by atoms with Crippen LogP contribution in [-0.2, 0) is 0 Å². The van der Waals surface area contributed by atoms with Crippen molar-refractivity contribution < 1.29 is 0 Å². The van der Waals surface area contributed by atoms with Crippen LogP contribution in [-0.4, -0.2) is 4.57 Å². The lowest BCUT2D eigenvalue weighted by Gasteiger charge is -2.30. The van der Waals surface area contributed by atoms with Crippen LogP contribution in [0.3, 0.4) is 0 Å². The fourth-order valence-electron chi connectivity index (χ4n) is 9.65. The van der Waals surface area contributed by atoms with E-state index in [9.17, 15) is 0 Å². The summed E-state index contributed by atoms with van der Waals surface area (Å²) in [7, 11) is 0. The summed E-state index contributed by atoms with van der Waals surface area (Å²) >= 11 is 0. The second kappa shape index (κ2) is 14.8. The van der Waals surface area contributed by atoms with Crippen molar-refractivity contribution >= 4 is 71.2 Å². The van der Waals surface area contributed by atoms with Crippen molar-refractivity contribution in [1.82, 2.24) is 4.57 Å². The second-order valence-electron chi connectivity index (χ2n) is 16.1. The van der Waals surface area contributed by atoms with Gasteiger partial charge in [0.05, 0.1) is 28.1 Å². The van der Waals surface area contributed by atoms with Crippen LogP contribution in [0.25, 0.3) is 93.2 Å². The molecule has 0 saturated carbocycles. The molecule has 62 heavy (non-hydrogen) atoms. The molecule has 0 aliphatic rings. The highest BCUT2D eigenvalue weighted by Gasteiger charge is 2.22. The summed E-state index contributed by atoms with van der Waals surface area (Å²) in [4.78, 5) is 2.46. The van der Waals surface area contributed by atoms with Gasteiger partial charge in [0, 0.05) is 33.0 Å². The van der Waals surface area contributed by atoms with Gasteiger partial charge in [-0.2, -0.15) is 0 Å². The van der Waals surface area contributed by atoms with Crippen LogP contribution < -0.4 is 4.90 Å². The molecule has 12 rings (SSSR count). The minimum Gasteiger partial charge on any atom is -0.309 e. The Kier molecular flexibility index (Phi) is 8.53. The van der Waals surface area contributed by atoms with Gasteiger partial charge in [0.25, 0.3) is 0 Å². The van der Waals surface area contributed by atoms with Gasteiger partial charge in [0.15, 0.2) is 0 Å². The molecule has 0 fully saturated rings. The SMILES string of the molecule is c1ccc(N(c2ccc(-c3ccccc3-n3c4ccccc4c4ccccc43)cc2)c2ccc(-c3ccc4ccccc4c3)c3ccccc23)c(-c2ccc3ccccc3c2)c1. The molecule has 0 unspecified atom stereocenters. The first-order valence-electron chi connectivity index (χ1n) is 21.3. The third-order valence-corrected chi connectivity index (χ3v) is 12.6. The Hall–Kier alpha value is -8.20. The van der Waals surface area contributed by atoms with E-state index in [2.05, 4.69) is 252 Å². The monoisotopic (exact) mass is 788 g/mol. The van der Waals surface area contributed by atoms with Crippen molar-refractivity contribution in [3.05, 3.63) is 243 Å². The Bertz CT molecular complexity index is 3600. The summed E-state index contributed by atoms with van der Waals surface area (Å²) in [5.41, 5.74) is 14.0. The zero-order valence-corrected chi connectivity index (χ0v) is 34.0. The molecule has 2 nitrogen and oxygen atoms in total. The van der Waals surface area contributed by atoms with Gasteiger partial charge in [-0.15, -0.1) is 0 Å². The van der Waals surface area contributed by atoms with Gasteiger partial charge in [-0.25, -0.2) is 0 Å². The highest BCUT2D eigenvalue weighted by atomic mass is 15.1. The first-order valence-corrected chi connectivity index (χ1v) is 21.3. The van der Waals surface area contributed by atoms with E-state index in [0.717, 1.165) is 28.3 Å². The molecule has 2 heteroatoms. The van der Waals surface area contributed by atoms with Crippen molar-refractivity contribution in [2.45, 2.75) is 0 Å². The average Bonchev–Trinajstić information content (AvgIpc) is 3.68. The fourth-order valence-corrected chi connectivity index (χ4v) is 9.65. The van der Waals surface area contributed by atoms with E-state index in [1.807, 2.05) is 0 Å². The number of benzene rings is 11. The van der Waals surface area contributed by atoms with Gasteiger partial charge in [-0.3, -0.25) is 0 Å². The Balaban J connectivity index is 1.04. The van der Waals surface area contributed by atoms with Crippen molar-refractivity contribution in [2.24, 2.45) is 0 Å². The first-order chi connectivity index (χ1) is 30.8. The minimum atomic E-state index is 1.08. The molecule has 0 bridgehead atoms. The van der Waals surface area contributed by atoms with Crippen LogP contribution >= 0.6 is 0 Å². The lowest BCUT2D eigenvalue weighted by atomic mass is 9.94. The number of aromatic nitrogens is 1. The summed E-state index contributed by atoms with van der Waals surface area (Å²) in [6, 6.07) is 88.6. The van der Waals surface area contributed by atoms with Crippen LogP contribution in [0.15, 0.2) is 243 Å². The average molecular weight is 789 g/mol. The molecule has 1 heterocycles. The van der Waals surface area contributed by atoms with E-state index in [0.29, 0.717) is 0 Å². The number of hydrogen-bond acceptors (Lipinski definition) is 1. The standard InChI is InChI=1S/C60H40N2/c1-3-17-44-39-46(31-29-41(44)15-1)49-37-38-60(53-22-6-5-21-52(49)53)61(56-25-11-8-20-51(56)47-32-30-42-16-2-4-18-45(42)40-47)48-35-33-43(34-36-48)50-19-7-12-26-57(50)62-58-27-13-9-23-54(58)55-24-10-14-28-59(55)62/h1-40H. The predicted molar refractivity (Wildman–Crippen MR) is 264 cm³/mol. The number of hydrogen-bond donors (Lipinski definition) is 0. The summed E-state index contributed by atoms with van der Waals surface area (Å²) in [6.07, 6.45) is 0. The number of rotatable bonds is 7. The van der Waals surface area contributed by atoms with E-state index in [4.69, 9.17) is 0 Å². The van der Waals surface area contributed by atoms with Crippen molar-refractivity contribution in [3.8, 4) is 39.1 Å². The summed E-state index contributed by atoms with van der Waals surface area (Å²) in [6.45, 7) is 0. The third kappa shape index (κ3) is 5.96. The van der Waals surface area contributed by atoms with E-state index >= 15 is 0 Å². The lowest BCUT2D eigenvalue weighted by molar-refractivity contribution is 1.18. The van der Waals surface area contributed by atoms with Crippen LogP contribution in [0.4, 0.5) is 17.1 Å². The van der Waals surface area contributed by atoms with Crippen molar-refractivity contribution in [2.75, 3.05) is 4.90 Å². The molecular weight excluding hydrogens is 749 g/mol. The molecule has 0 aliphatic carbocycles. The van der Waals surface area contributed by atoms with Crippen LogP contribution in [0, 0.1) is 0 Å². The number of nitrogens with zero attached hydrogens (tertiary/aromatic N) is 2. The molecular formula is C60H40N2. The molecule has 0 radical (unpaired) electrons. The molecule has 0 aliphatic heterocycles. The Morgan fingerprint density at radius 2 is 0.758 bits per heavy atom. The topological polar surface area (TPSA) is 8.17 Å². The highest BCUT2D eigenvalue weighted by molar-refractivity contribution is 6.10. The van der Waals surface area contributed by atoms with Crippen LogP contribution in [0.1, 0.15) is 0 Å². The zero-order chi connectivity index (χ0) is 41.0. The highest BCUT2D eigenvalue weighted by Crippen LogP contribution is 2.46. The largest absolute Gasteiger partial charge is 0.309 e. The van der Waals surface area contributed by atoms with E-state index in [1.165, 1.54) is 81.9 Å². The lowest BCUT2D eigenvalue weighted by Crippen LogP contribution is -2.12. The van der Waals surface area contributed by atoms with Gasteiger partial charge in [-0.05, 0) is 104 Å². The van der Waals surface area contributed by atoms with Gasteiger partial charge in [0.1, 0.15) is 0 Å². The predicted octanol–water partition coefficient (Wildman–Crippen LogP) is 16.7. The second-order valence-corrected chi connectivity index (χ2v) is 16.1. The minimum absolute atomic E-state index is 1.08. The maximum atomic E-state index is 2.46. The molecule has 0 N–H and O–H groups in total. The molecule has 1 aromatic heterocycles. The zero-order valence-electron chi connectivity index (χ0n) is 34.0. The number of fused-ring (bicyclic) bond motifs is 6. The normalized spacial score (nSPS) is 11.5. The Morgan fingerprint density at radius 1 is 0.274 bits per heavy atom. The maximum Gasteiger partial charge on any atom is 0.0541 e. The van der Waals surface area contributed by atoms with Crippen molar-refractivity contribution in [1.29, 1.82) is 0 Å². The summed E-state index contributed by atoms with van der Waals surface area (Å²) < 4.78 is 2.42. The van der Waals surface area contributed by atoms with E-state index < -0.39 is 0 Å². The number of anilines is 3. The van der Waals surface area contributed by atoms with Crippen molar-refractivity contribution in [3.63, 3.8) is 0 Å². The van der Waals surface area contributed by atoms with E-state index in [-0.39, 0.29) is 0 Å². The van der Waals surface area contributed by atoms with Gasteiger partial charge < -0.3 is 9.47 Å². The smallest absolute Gasteiger partial charge is 0.0541 e. The molecule has 0 saturated heterocycles. The van der Waals surface area contributed by atoms with Gasteiger partial charge in [0.2, 0.25) is 0 Å². The number of para-hydroxylation sites is 4. The Labute approximate surface area is 360 Å². The first kappa shape index (κ1) is 35.7. The molecule has 12 aromatic rings. The van der Waals surface area contributed by atoms with E-state index in [1.54, 1.807) is 0 Å². The van der Waals surface area contributed by atoms with Gasteiger partial charge in [-0.1, -0.05) is 188 Å². The summed E-state index contributed by atoms with van der Waals surface area (Å²) in [5.74, 6) is 0. The molecule has 290 valence electrons.